The Kier molecular flexibility index (Phi) is 11.5. The molecule has 0 aromatic heterocycles. The average Bonchev–Trinajstić information content (AvgIpc) is 3.14. The summed E-state index contributed by atoms with van der Waals surface area (Å²) in [4.78, 5) is 0. The van der Waals surface area contributed by atoms with Crippen molar-refractivity contribution in [3.8, 4) is 61.8 Å². The maximum absolute atomic E-state index is 14.1. The lowest BCUT2D eigenvalue weighted by molar-refractivity contribution is 0.318. The number of ether oxygens (including phenoxy) is 1. The second kappa shape index (κ2) is 16.2. The van der Waals surface area contributed by atoms with Gasteiger partial charge in [-0.2, -0.15) is 0 Å². The van der Waals surface area contributed by atoms with E-state index in [9.17, 15) is 29.4 Å². The number of hydrogen-bond donors (Lipinski definition) is 6. The maximum atomic E-state index is 14.1. The van der Waals surface area contributed by atoms with E-state index in [1.165, 1.54) is 37.4 Å². The van der Waals surface area contributed by atoms with Crippen LogP contribution >= 0.6 is 11.6 Å². The number of phenols is 2. The van der Waals surface area contributed by atoms with Gasteiger partial charge < -0.3 is 36.8 Å². The summed E-state index contributed by atoms with van der Waals surface area (Å²) in [5.41, 5.74) is 19.6. The number of benzene rings is 6. The Hall–Kier alpha value is -6.59. The molecule has 0 saturated heterocycles. The first kappa shape index (κ1) is 37.7. The Bertz CT molecular complexity index is 2330. The van der Waals surface area contributed by atoms with E-state index < -0.39 is 11.6 Å². The largest absolute Gasteiger partial charge is 0.508 e. The molecule has 0 fully saturated rings. The summed E-state index contributed by atoms with van der Waals surface area (Å²) in [6.45, 7) is 3.76. The molecule has 0 spiro atoms. The Labute approximate surface area is 309 Å². The van der Waals surface area contributed by atoms with Gasteiger partial charge in [0.15, 0.2) is 11.7 Å². The standard InChI is InChI=1S/C21H19FN2O3.C20H16ClFN2O2/c1-12-9-16(13-3-6-15(25)7-4-13)20(18(10-12)21(23)24-26)17-11-14(22)5-8-19(17)27-2;1-11-6-17(12-2-4-16(25)5-3-12)19(18(7-11)20(23)24-26)13-8-14(21)10-15(22)9-13/h3-11,25-26H,1-2H3,(H2,23,24);2-10,25-26H,1H3,(H2,23,24). The summed E-state index contributed by atoms with van der Waals surface area (Å²) < 4.78 is 33.4. The van der Waals surface area contributed by atoms with Crippen LogP contribution in [-0.2, 0) is 0 Å². The zero-order valence-electron chi connectivity index (χ0n) is 28.8. The third-order valence-corrected chi connectivity index (χ3v) is 8.49. The lowest BCUT2D eigenvalue weighted by Gasteiger charge is -2.18. The minimum Gasteiger partial charge on any atom is -0.508 e. The molecule has 0 aliphatic carbocycles. The topological polar surface area (TPSA) is 167 Å². The highest BCUT2D eigenvalue weighted by atomic mass is 35.5. The smallest absolute Gasteiger partial charge is 0.170 e. The number of nitrogens with two attached hydrogens (primary N) is 2. The van der Waals surface area contributed by atoms with Crippen molar-refractivity contribution in [3.05, 3.63) is 148 Å². The molecule has 53 heavy (non-hydrogen) atoms. The van der Waals surface area contributed by atoms with Crippen LogP contribution in [0.4, 0.5) is 8.78 Å². The molecule has 270 valence electrons. The first-order valence-electron chi connectivity index (χ1n) is 16.0. The number of halogens is 3. The second-order valence-electron chi connectivity index (χ2n) is 12.0. The molecule has 12 heteroatoms. The number of aromatic hydroxyl groups is 2. The van der Waals surface area contributed by atoms with E-state index in [0.717, 1.165) is 33.4 Å². The molecule has 6 aromatic carbocycles. The fraction of sp³-hybridized carbons (Fsp3) is 0.0732. The summed E-state index contributed by atoms with van der Waals surface area (Å²) in [6.07, 6.45) is 0. The molecule has 8 N–H and O–H groups in total. The number of aryl methyl sites for hydroxylation is 2. The lowest BCUT2D eigenvalue weighted by Crippen LogP contribution is -2.15. The van der Waals surface area contributed by atoms with Crippen LogP contribution < -0.4 is 16.2 Å². The van der Waals surface area contributed by atoms with Crippen molar-refractivity contribution in [2.45, 2.75) is 13.8 Å². The molecule has 0 amide bonds. The Morgan fingerprint density at radius 1 is 0.585 bits per heavy atom. The van der Waals surface area contributed by atoms with Crippen LogP contribution in [0.15, 0.2) is 120 Å². The number of oxime groups is 2. The highest BCUT2D eigenvalue weighted by Gasteiger charge is 2.21. The van der Waals surface area contributed by atoms with Crippen LogP contribution in [-0.4, -0.2) is 39.4 Å². The van der Waals surface area contributed by atoms with E-state index >= 15 is 0 Å². The molecular weight excluding hydrogens is 702 g/mol. The van der Waals surface area contributed by atoms with E-state index in [0.29, 0.717) is 39.1 Å². The summed E-state index contributed by atoms with van der Waals surface area (Å²) in [5.74, 6) is -0.401. The summed E-state index contributed by atoms with van der Waals surface area (Å²) in [6, 6.07) is 28.9. The van der Waals surface area contributed by atoms with E-state index in [1.54, 1.807) is 66.7 Å². The Morgan fingerprint density at radius 2 is 1.08 bits per heavy atom. The highest BCUT2D eigenvalue weighted by Crippen LogP contribution is 2.42. The molecule has 0 heterocycles. The highest BCUT2D eigenvalue weighted by molar-refractivity contribution is 6.31. The fourth-order valence-corrected chi connectivity index (χ4v) is 6.22. The molecule has 9 nitrogen and oxygen atoms in total. The first-order valence-corrected chi connectivity index (χ1v) is 16.4. The number of rotatable bonds is 7. The van der Waals surface area contributed by atoms with Gasteiger partial charge in [-0.15, -0.1) is 0 Å². The predicted molar refractivity (Wildman–Crippen MR) is 204 cm³/mol. The van der Waals surface area contributed by atoms with Gasteiger partial charge in [-0.05, 0) is 126 Å². The number of methoxy groups -OCH3 is 1. The van der Waals surface area contributed by atoms with Crippen molar-refractivity contribution in [2.75, 3.05) is 7.11 Å². The normalized spacial score (nSPS) is 11.5. The van der Waals surface area contributed by atoms with Gasteiger partial charge >= 0.3 is 0 Å². The molecule has 0 aliphatic rings. The molecule has 0 bridgehead atoms. The van der Waals surface area contributed by atoms with Crippen LogP contribution in [0.3, 0.4) is 0 Å². The van der Waals surface area contributed by atoms with Crippen LogP contribution in [0.2, 0.25) is 5.02 Å². The summed E-state index contributed by atoms with van der Waals surface area (Å²) in [7, 11) is 1.49. The van der Waals surface area contributed by atoms with Gasteiger partial charge in [-0.25, -0.2) is 8.78 Å². The Balaban J connectivity index is 0.000000204. The molecule has 0 atom stereocenters. The summed E-state index contributed by atoms with van der Waals surface area (Å²) >= 11 is 6.03. The minimum atomic E-state index is -0.491. The lowest BCUT2D eigenvalue weighted by atomic mass is 9.88. The second-order valence-corrected chi connectivity index (χ2v) is 12.5. The van der Waals surface area contributed by atoms with Gasteiger partial charge in [-0.1, -0.05) is 58.3 Å². The van der Waals surface area contributed by atoms with Crippen molar-refractivity contribution in [1.29, 1.82) is 0 Å². The van der Waals surface area contributed by atoms with Crippen LogP contribution in [0.25, 0.3) is 44.5 Å². The molecule has 0 aliphatic heterocycles. The van der Waals surface area contributed by atoms with Crippen LogP contribution in [0, 0.1) is 25.5 Å². The number of hydrogen-bond acceptors (Lipinski definition) is 7. The van der Waals surface area contributed by atoms with Crippen LogP contribution in [0.5, 0.6) is 17.2 Å². The van der Waals surface area contributed by atoms with Gasteiger partial charge in [0, 0.05) is 32.8 Å². The van der Waals surface area contributed by atoms with E-state index in [2.05, 4.69) is 10.3 Å². The van der Waals surface area contributed by atoms with Crippen molar-refractivity contribution in [3.63, 3.8) is 0 Å². The number of phenolic OH excluding ortho intramolecular Hbond substituents is 2. The molecule has 6 aromatic rings. The van der Waals surface area contributed by atoms with Gasteiger partial charge in [-0.3, -0.25) is 0 Å². The maximum Gasteiger partial charge on any atom is 0.170 e. The van der Waals surface area contributed by atoms with Crippen molar-refractivity contribution in [2.24, 2.45) is 21.8 Å². The quantitative estimate of drug-likeness (QED) is 0.0411. The van der Waals surface area contributed by atoms with E-state index in [-0.39, 0.29) is 28.2 Å². The number of nitrogens with zero attached hydrogens (tertiary/aromatic N) is 2. The van der Waals surface area contributed by atoms with Crippen molar-refractivity contribution >= 4 is 23.3 Å². The zero-order chi connectivity index (χ0) is 38.4. The van der Waals surface area contributed by atoms with Gasteiger partial charge in [0.1, 0.15) is 28.9 Å². The van der Waals surface area contributed by atoms with Gasteiger partial charge in [0.2, 0.25) is 0 Å². The van der Waals surface area contributed by atoms with E-state index in [4.69, 9.17) is 27.8 Å². The molecule has 0 saturated carbocycles. The predicted octanol–water partition coefficient (Wildman–Crippen LogP) is 9.20. The fourth-order valence-electron chi connectivity index (χ4n) is 6.00. The minimum absolute atomic E-state index is 0.0934. The SMILES string of the molecule is COc1ccc(F)cc1-c1c(C(N)=NO)cc(C)cc1-c1ccc(O)cc1.Cc1cc(C(N)=NO)c(-c2cc(F)cc(Cl)c2)c(-c2ccc(O)cc2)c1. The average molecular weight is 737 g/mol. The monoisotopic (exact) mass is 736 g/mol. The van der Waals surface area contributed by atoms with Crippen molar-refractivity contribution < 1.29 is 34.1 Å². The third kappa shape index (κ3) is 8.49. The zero-order valence-corrected chi connectivity index (χ0v) is 29.5. The summed E-state index contributed by atoms with van der Waals surface area (Å²) in [5, 5.41) is 44.1. The van der Waals surface area contributed by atoms with E-state index in [1.807, 2.05) is 26.0 Å². The third-order valence-electron chi connectivity index (χ3n) is 8.27. The Morgan fingerprint density at radius 3 is 1.55 bits per heavy atom. The molecule has 6 rings (SSSR count). The molecular formula is C41H35ClF2N4O5. The number of amidine groups is 2. The molecule has 0 unspecified atom stereocenters. The van der Waals surface area contributed by atoms with Crippen molar-refractivity contribution in [1.82, 2.24) is 0 Å². The first-order chi connectivity index (χ1) is 25.3. The van der Waals surface area contributed by atoms with Gasteiger partial charge in [0.05, 0.1) is 7.11 Å². The van der Waals surface area contributed by atoms with Gasteiger partial charge in [0.25, 0.3) is 0 Å². The molecule has 0 radical (unpaired) electrons. The van der Waals surface area contributed by atoms with Crippen LogP contribution in [0.1, 0.15) is 22.3 Å².